The summed E-state index contributed by atoms with van der Waals surface area (Å²) < 4.78 is 10.4. The van der Waals surface area contributed by atoms with Gasteiger partial charge in [0.2, 0.25) is 0 Å². The number of benzene rings is 1. The van der Waals surface area contributed by atoms with Crippen LogP contribution >= 0.6 is 0 Å². The quantitative estimate of drug-likeness (QED) is 0.580. The first-order valence-electron chi connectivity index (χ1n) is 6.68. The van der Waals surface area contributed by atoms with Crippen LogP contribution in [0.2, 0.25) is 0 Å². The SMILES string of the molecule is COCOc1cccc(C2=CCC(CC=O)CC2)c1. The molecule has 1 atom stereocenters. The van der Waals surface area contributed by atoms with Crippen molar-refractivity contribution in [2.45, 2.75) is 25.7 Å². The minimum atomic E-state index is 0.268. The molecule has 3 heteroatoms. The van der Waals surface area contributed by atoms with Crippen LogP contribution in [0.25, 0.3) is 5.57 Å². The molecule has 0 spiro atoms. The smallest absolute Gasteiger partial charge is 0.188 e. The van der Waals surface area contributed by atoms with Crippen molar-refractivity contribution in [1.29, 1.82) is 0 Å². The fraction of sp³-hybridized carbons (Fsp3) is 0.438. The lowest BCUT2D eigenvalue weighted by Gasteiger charge is -2.20. The van der Waals surface area contributed by atoms with E-state index in [1.54, 1.807) is 7.11 Å². The summed E-state index contributed by atoms with van der Waals surface area (Å²) in [6.07, 6.45) is 7.09. The van der Waals surface area contributed by atoms with Crippen molar-refractivity contribution < 1.29 is 14.3 Å². The zero-order valence-corrected chi connectivity index (χ0v) is 11.3. The largest absolute Gasteiger partial charge is 0.468 e. The molecule has 2 rings (SSSR count). The van der Waals surface area contributed by atoms with E-state index in [-0.39, 0.29) is 6.79 Å². The van der Waals surface area contributed by atoms with Gasteiger partial charge in [-0.05, 0) is 48.4 Å². The summed E-state index contributed by atoms with van der Waals surface area (Å²) in [6, 6.07) is 8.08. The number of ether oxygens (including phenoxy) is 2. The van der Waals surface area contributed by atoms with E-state index in [1.165, 1.54) is 11.1 Å². The fourth-order valence-corrected chi connectivity index (χ4v) is 2.41. The van der Waals surface area contributed by atoms with E-state index in [1.807, 2.05) is 18.2 Å². The predicted octanol–water partition coefficient (Wildman–Crippen LogP) is 3.44. The first-order chi connectivity index (χ1) is 9.33. The first-order valence-corrected chi connectivity index (χ1v) is 6.68. The number of aldehydes is 1. The number of allylic oxidation sites excluding steroid dienone is 2. The summed E-state index contributed by atoms with van der Waals surface area (Å²) >= 11 is 0. The van der Waals surface area contributed by atoms with Gasteiger partial charge in [-0.3, -0.25) is 0 Å². The summed E-state index contributed by atoms with van der Waals surface area (Å²) in [5, 5.41) is 0. The van der Waals surface area contributed by atoms with Crippen molar-refractivity contribution in [2.24, 2.45) is 5.92 Å². The summed E-state index contributed by atoms with van der Waals surface area (Å²) in [5.74, 6) is 1.35. The van der Waals surface area contributed by atoms with Gasteiger partial charge in [0.05, 0.1) is 0 Å². The monoisotopic (exact) mass is 260 g/mol. The Labute approximate surface area is 114 Å². The summed E-state index contributed by atoms with van der Waals surface area (Å²) in [7, 11) is 1.61. The van der Waals surface area contributed by atoms with Crippen LogP contribution < -0.4 is 4.74 Å². The maximum Gasteiger partial charge on any atom is 0.188 e. The third-order valence-corrected chi connectivity index (χ3v) is 3.50. The minimum Gasteiger partial charge on any atom is -0.468 e. The first kappa shape index (κ1) is 13.8. The standard InChI is InChI=1S/C16H20O3/c1-18-12-19-16-4-2-3-15(11-16)14-7-5-13(6-8-14)9-10-17/h2-4,7,10-11,13H,5-6,8-9,12H2,1H3. The van der Waals surface area contributed by atoms with Crippen LogP contribution in [0, 0.1) is 5.92 Å². The number of carbonyl (C=O) groups excluding carboxylic acids is 1. The minimum absolute atomic E-state index is 0.268. The molecule has 0 aromatic heterocycles. The van der Waals surface area contributed by atoms with Crippen molar-refractivity contribution in [1.82, 2.24) is 0 Å². The van der Waals surface area contributed by atoms with E-state index in [4.69, 9.17) is 9.47 Å². The van der Waals surface area contributed by atoms with E-state index >= 15 is 0 Å². The fourth-order valence-electron chi connectivity index (χ4n) is 2.41. The molecule has 1 aromatic carbocycles. The number of hydrogen-bond acceptors (Lipinski definition) is 3. The number of rotatable bonds is 6. The highest BCUT2D eigenvalue weighted by Gasteiger charge is 2.15. The Bertz CT molecular complexity index is 451. The van der Waals surface area contributed by atoms with Crippen LogP contribution in [0.15, 0.2) is 30.3 Å². The summed E-state index contributed by atoms with van der Waals surface area (Å²) in [6.45, 7) is 0.268. The Morgan fingerprint density at radius 2 is 2.32 bits per heavy atom. The third kappa shape index (κ3) is 3.93. The van der Waals surface area contributed by atoms with Crippen LogP contribution in [-0.4, -0.2) is 20.2 Å². The van der Waals surface area contributed by atoms with Crippen LogP contribution in [0.1, 0.15) is 31.2 Å². The van der Waals surface area contributed by atoms with E-state index < -0.39 is 0 Å². The highest BCUT2D eigenvalue weighted by molar-refractivity contribution is 5.67. The molecule has 1 aromatic rings. The van der Waals surface area contributed by atoms with Gasteiger partial charge in [-0.2, -0.15) is 0 Å². The topological polar surface area (TPSA) is 35.5 Å². The Balaban J connectivity index is 2.03. The molecule has 0 fully saturated rings. The van der Waals surface area contributed by atoms with Crippen LogP contribution in [0.4, 0.5) is 0 Å². The van der Waals surface area contributed by atoms with Gasteiger partial charge in [0.25, 0.3) is 0 Å². The molecule has 0 heterocycles. The zero-order valence-electron chi connectivity index (χ0n) is 11.3. The molecule has 0 saturated heterocycles. The lowest BCUT2D eigenvalue weighted by Crippen LogP contribution is -2.06. The second-order valence-corrected chi connectivity index (χ2v) is 4.85. The molecular weight excluding hydrogens is 240 g/mol. The summed E-state index contributed by atoms with van der Waals surface area (Å²) in [4.78, 5) is 10.5. The van der Waals surface area contributed by atoms with Crippen LogP contribution in [0.3, 0.4) is 0 Å². The maximum absolute atomic E-state index is 10.5. The Kier molecular flexibility index (Phi) is 5.16. The van der Waals surface area contributed by atoms with Gasteiger partial charge in [0.15, 0.2) is 6.79 Å². The molecule has 0 N–H and O–H groups in total. The molecule has 1 aliphatic carbocycles. The Hall–Kier alpha value is -1.61. The van der Waals surface area contributed by atoms with Crippen molar-refractivity contribution in [3.05, 3.63) is 35.9 Å². The molecule has 0 bridgehead atoms. The van der Waals surface area contributed by atoms with Crippen molar-refractivity contribution >= 4 is 11.9 Å². The second-order valence-electron chi connectivity index (χ2n) is 4.85. The second kappa shape index (κ2) is 7.10. The molecular formula is C16H20O3. The lowest BCUT2D eigenvalue weighted by atomic mass is 9.85. The molecule has 1 aliphatic rings. The molecule has 3 nitrogen and oxygen atoms in total. The van der Waals surface area contributed by atoms with Gasteiger partial charge in [-0.25, -0.2) is 0 Å². The Morgan fingerprint density at radius 3 is 3.00 bits per heavy atom. The Morgan fingerprint density at radius 1 is 1.42 bits per heavy atom. The van der Waals surface area contributed by atoms with Crippen LogP contribution in [-0.2, 0) is 9.53 Å². The molecule has 0 aliphatic heterocycles. The number of carbonyl (C=O) groups is 1. The molecule has 102 valence electrons. The van der Waals surface area contributed by atoms with Gasteiger partial charge in [-0.15, -0.1) is 0 Å². The van der Waals surface area contributed by atoms with E-state index in [0.29, 0.717) is 12.3 Å². The molecule has 0 saturated carbocycles. The highest BCUT2D eigenvalue weighted by atomic mass is 16.7. The van der Waals surface area contributed by atoms with Crippen molar-refractivity contribution in [3.8, 4) is 5.75 Å². The predicted molar refractivity (Wildman–Crippen MR) is 74.9 cm³/mol. The van der Waals surface area contributed by atoms with Crippen molar-refractivity contribution in [3.63, 3.8) is 0 Å². The normalized spacial score (nSPS) is 18.8. The molecule has 0 radical (unpaired) electrons. The highest BCUT2D eigenvalue weighted by Crippen LogP contribution is 2.32. The molecule has 1 unspecified atom stereocenters. The van der Waals surface area contributed by atoms with Gasteiger partial charge < -0.3 is 14.3 Å². The molecule has 19 heavy (non-hydrogen) atoms. The number of methoxy groups -OCH3 is 1. The lowest BCUT2D eigenvalue weighted by molar-refractivity contribution is -0.108. The van der Waals surface area contributed by atoms with Gasteiger partial charge in [0, 0.05) is 13.5 Å². The van der Waals surface area contributed by atoms with Gasteiger partial charge >= 0.3 is 0 Å². The third-order valence-electron chi connectivity index (χ3n) is 3.50. The maximum atomic E-state index is 10.5. The van der Waals surface area contributed by atoms with Gasteiger partial charge in [0.1, 0.15) is 12.0 Å². The van der Waals surface area contributed by atoms with E-state index in [0.717, 1.165) is 31.3 Å². The number of hydrogen-bond donors (Lipinski definition) is 0. The summed E-state index contributed by atoms with van der Waals surface area (Å²) in [5.41, 5.74) is 2.56. The van der Waals surface area contributed by atoms with Crippen molar-refractivity contribution in [2.75, 3.05) is 13.9 Å². The van der Waals surface area contributed by atoms with Crippen LogP contribution in [0.5, 0.6) is 5.75 Å². The average Bonchev–Trinajstić information content (AvgIpc) is 2.46. The average molecular weight is 260 g/mol. The van der Waals surface area contributed by atoms with Gasteiger partial charge in [-0.1, -0.05) is 18.2 Å². The molecule has 0 amide bonds. The van der Waals surface area contributed by atoms with E-state index in [9.17, 15) is 4.79 Å². The van der Waals surface area contributed by atoms with E-state index in [2.05, 4.69) is 12.1 Å². The zero-order chi connectivity index (χ0) is 13.5.